The van der Waals surface area contributed by atoms with E-state index in [1.807, 2.05) is 0 Å². The fraction of sp³-hybridized carbons (Fsp3) is 0.263. The predicted molar refractivity (Wildman–Crippen MR) is 89.7 cm³/mol. The maximum atomic E-state index is 12.9. The molecule has 0 aliphatic carbocycles. The van der Waals surface area contributed by atoms with Crippen molar-refractivity contribution in [2.75, 3.05) is 13.2 Å². The lowest BCUT2D eigenvalue weighted by Crippen LogP contribution is -2.29. The number of nitrogens with one attached hydrogen (secondary N) is 1. The van der Waals surface area contributed by atoms with Gasteiger partial charge in [0.25, 0.3) is 5.91 Å². The van der Waals surface area contributed by atoms with Gasteiger partial charge in [-0.1, -0.05) is 13.3 Å². The van der Waals surface area contributed by atoms with Crippen LogP contribution in [-0.4, -0.2) is 24.8 Å². The number of halogens is 1. The highest BCUT2D eigenvalue weighted by Crippen LogP contribution is 2.16. The number of carbonyl (C=O) groups excluding carboxylic acids is 2. The van der Waals surface area contributed by atoms with Gasteiger partial charge >= 0.3 is 0 Å². The van der Waals surface area contributed by atoms with Crippen molar-refractivity contribution in [3.63, 3.8) is 0 Å². The molecular formula is C19H20FNO3. The Kier molecular flexibility index (Phi) is 6.49. The molecule has 2 aromatic rings. The average molecular weight is 329 g/mol. The molecule has 0 fully saturated rings. The Bertz CT molecular complexity index is 681. The van der Waals surface area contributed by atoms with E-state index in [1.54, 1.807) is 24.3 Å². The normalized spacial score (nSPS) is 10.2. The van der Waals surface area contributed by atoms with Crippen molar-refractivity contribution in [1.82, 2.24) is 5.32 Å². The van der Waals surface area contributed by atoms with Crippen molar-refractivity contribution >= 4 is 11.7 Å². The summed E-state index contributed by atoms with van der Waals surface area (Å²) in [5.74, 6) is -0.238. The van der Waals surface area contributed by atoms with E-state index in [4.69, 9.17) is 4.74 Å². The first-order valence-corrected chi connectivity index (χ1v) is 7.90. The number of benzene rings is 2. The second-order valence-electron chi connectivity index (χ2n) is 5.35. The quantitative estimate of drug-likeness (QED) is 0.597. The summed E-state index contributed by atoms with van der Waals surface area (Å²) >= 11 is 0. The van der Waals surface area contributed by atoms with Gasteiger partial charge in [0.2, 0.25) is 0 Å². The number of ether oxygens (including phenoxy) is 1. The second kappa shape index (κ2) is 8.82. The van der Waals surface area contributed by atoms with Gasteiger partial charge in [-0.05, 0) is 55.0 Å². The van der Waals surface area contributed by atoms with Crippen molar-refractivity contribution < 1.29 is 18.7 Å². The third kappa shape index (κ3) is 5.19. The van der Waals surface area contributed by atoms with Gasteiger partial charge in [0.1, 0.15) is 11.6 Å². The SMILES string of the molecule is CCCCNC(=O)COc1ccc(C(=O)c2ccc(F)cc2)cc1. The van der Waals surface area contributed by atoms with Gasteiger partial charge in [0.05, 0.1) is 0 Å². The van der Waals surface area contributed by atoms with Crippen LogP contribution in [-0.2, 0) is 4.79 Å². The Hall–Kier alpha value is -2.69. The van der Waals surface area contributed by atoms with Crippen LogP contribution in [0.4, 0.5) is 4.39 Å². The summed E-state index contributed by atoms with van der Waals surface area (Å²) in [5, 5.41) is 2.76. The van der Waals surface area contributed by atoms with Crippen LogP contribution >= 0.6 is 0 Å². The minimum absolute atomic E-state index is 0.0605. The largest absolute Gasteiger partial charge is 0.484 e. The Labute approximate surface area is 140 Å². The van der Waals surface area contributed by atoms with E-state index < -0.39 is 0 Å². The molecule has 0 radical (unpaired) electrons. The molecule has 0 aliphatic rings. The van der Waals surface area contributed by atoms with Gasteiger partial charge in [-0.2, -0.15) is 0 Å². The van der Waals surface area contributed by atoms with Crippen molar-refractivity contribution in [3.05, 3.63) is 65.5 Å². The number of hydrogen-bond donors (Lipinski definition) is 1. The summed E-state index contributed by atoms with van der Waals surface area (Å²) in [6.45, 7) is 2.64. The molecule has 2 rings (SSSR count). The zero-order valence-corrected chi connectivity index (χ0v) is 13.5. The molecule has 0 aliphatic heterocycles. The molecule has 24 heavy (non-hydrogen) atoms. The zero-order valence-electron chi connectivity index (χ0n) is 13.5. The number of hydrogen-bond acceptors (Lipinski definition) is 3. The fourth-order valence-corrected chi connectivity index (χ4v) is 2.07. The zero-order chi connectivity index (χ0) is 17.4. The number of unbranched alkanes of at least 4 members (excludes halogenated alkanes) is 1. The van der Waals surface area contributed by atoms with Crippen molar-refractivity contribution in [2.24, 2.45) is 0 Å². The van der Waals surface area contributed by atoms with Crippen LogP contribution in [0, 0.1) is 5.82 Å². The first kappa shape index (κ1) is 17.7. The molecule has 0 spiro atoms. The first-order chi connectivity index (χ1) is 11.6. The van der Waals surface area contributed by atoms with Crippen LogP contribution in [0.25, 0.3) is 0 Å². The van der Waals surface area contributed by atoms with E-state index in [-0.39, 0.29) is 24.1 Å². The molecule has 0 aromatic heterocycles. The molecule has 0 saturated carbocycles. The number of amides is 1. The standard InChI is InChI=1S/C19H20FNO3/c1-2-3-12-21-18(22)13-24-17-10-6-15(7-11-17)19(23)14-4-8-16(20)9-5-14/h4-11H,2-3,12-13H2,1H3,(H,21,22). The van der Waals surface area contributed by atoms with E-state index in [0.29, 0.717) is 23.4 Å². The molecule has 5 heteroatoms. The van der Waals surface area contributed by atoms with Gasteiger partial charge < -0.3 is 10.1 Å². The Morgan fingerprint density at radius 1 is 1.00 bits per heavy atom. The molecule has 1 N–H and O–H groups in total. The monoisotopic (exact) mass is 329 g/mol. The molecular weight excluding hydrogens is 309 g/mol. The van der Waals surface area contributed by atoms with Gasteiger partial charge in [-0.3, -0.25) is 9.59 Å². The average Bonchev–Trinajstić information content (AvgIpc) is 2.61. The smallest absolute Gasteiger partial charge is 0.257 e. The van der Waals surface area contributed by atoms with E-state index in [9.17, 15) is 14.0 Å². The summed E-state index contributed by atoms with van der Waals surface area (Å²) in [4.78, 5) is 23.8. The highest BCUT2D eigenvalue weighted by Gasteiger charge is 2.09. The van der Waals surface area contributed by atoms with Crippen LogP contribution in [0.2, 0.25) is 0 Å². The number of ketones is 1. The van der Waals surface area contributed by atoms with Crippen LogP contribution in [0.1, 0.15) is 35.7 Å². The lowest BCUT2D eigenvalue weighted by Gasteiger charge is -2.08. The predicted octanol–water partition coefficient (Wildman–Crippen LogP) is 3.35. The van der Waals surface area contributed by atoms with E-state index in [0.717, 1.165) is 12.8 Å². The highest BCUT2D eigenvalue weighted by atomic mass is 19.1. The molecule has 1 amide bonds. The molecule has 0 unspecified atom stereocenters. The number of carbonyl (C=O) groups is 2. The van der Waals surface area contributed by atoms with Crippen LogP contribution < -0.4 is 10.1 Å². The van der Waals surface area contributed by atoms with Crippen molar-refractivity contribution in [2.45, 2.75) is 19.8 Å². The second-order valence-corrected chi connectivity index (χ2v) is 5.35. The summed E-state index contributed by atoms with van der Waals surface area (Å²) in [5.41, 5.74) is 0.890. The molecule has 0 atom stereocenters. The molecule has 126 valence electrons. The molecule has 0 heterocycles. The molecule has 2 aromatic carbocycles. The van der Waals surface area contributed by atoms with Gasteiger partial charge in [0.15, 0.2) is 12.4 Å². The van der Waals surface area contributed by atoms with E-state index in [1.165, 1.54) is 24.3 Å². The molecule has 0 saturated heterocycles. The topological polar surface area (TPSA) is 55.4 Å². The van der Waals surface area contributed by atoms with Gasteiger partial charge in [-0.25, -0.2) is 4.39 Å². The summed E-state index contributed by atoms with van der Waals surface area (Å²) in [6.07, 6.45) is 1.95. The lowest BCUT2D eigenvalue weighted by molar-refractivity contribution is -0.123. The third-order valence-electron chi connectivity index (χ3n) is 3.45. The number of rotatable bonds is 8. The lowest BCUT2D eigenvalue weighted by atomic mass is 10.0. The van der Waals surface area contributed by atoms with Crippen LogP contribution in [0.15, 0.2) is 48.5 Å². The van der Waals surface area contributed by atoms with Gasteiger partial charge in [-0.15, -0.1) is 0 Å². The minimum atomic E-state index is -0.382. The Balaban J connectivity index is 1.89. The minimum Gasteiger partial charge on any atom is -0.484 e. The van der Waals surface area contributed by atoms with Gasteiger partial charge in [0, 0.05) is 17.7 Å². The summed E-state index contributed by atoms with van der Waals surface area (Å²) < 4.78 is 18.3. The summed E-state index contributed by atoms with van der Waals surface area (Å²) in [6, 6.07) is 11.9. The van der Waals surface area contributed by atoms with Crippen molar-refractivity contribution in [3.8, 4) is 5.75 Å². The Morgan fingerprint density at radius 3 is 2.17 bits per heavy atom. The van der Waals surface area contributed by atoms with Crippen LogP contribution in [0.3, 0.4) is 0 Å². The maximum absolute atomic E-state index is 12.9. The van der Waals surface area contributed by atoms with E-state index in [2.05, 4.69) is 12.2 Å². The van der Waals surface area contributed by atoms with Crippen molar-refractivity contribution in [1.29, 1.82) is 0 Å². The maximum Gasteiger partial charge on any atom is 0.257 e. The van der Waals surface area contributed by atoms with E-state index >= 15 is 0 Å². The van der Waals surface area contributed by atoms with Crippen LogP contribution in [0.5, 0.6) is 5.75 Å². The summed E-state index contributed by atoms with van der Waals surface area (Å²) in [7, 11) is 0. The third-order valence-corrected chi connectivity index (χ3v) is 3.45. The fourth-order valence-electron chi connectivity index (χ4n) is 2.07. The highest BCUT2D eigenvalue weighted by molar-refractivity contribution is 6.09. The first-order valence-electron chi connectivity index (χ1n) is 7.90. The Morgan fingerprint density at radius 2 is 1.58 bits per heavy atom. The molecule has 0 bridgehead atoms. The molecule has 4 nitrogen and oxygen atoms in total.